The van der Waals surface area contributed by atoms with E-state index in [1.165, 1.54) is 0 Å². The number of halogens is 1. The van der Waals surface area contributed by atoms with Crippen LogP contribution in [0.2, 0.25) is 5.02 Å². The van der Waals surface area contributed by atoms with Crippen LogP contribution in [-0.2, 0) is 4.79 Å². The summed E-state index contributed by atoms with van der Waals surface area (Å²) in [5.41, 5.74) is 0.316. The number of rotatable bonds is 6. The van der Waals surface area contributed by atoms with Gasteiger partial charge in [0.25, 0.3) is 0 Å². The van der Waals surface area contributed by atoms with E-state index in [0.717, 1.165) is 51.1 Å². The van der Waals surface area contributed by atoms with Gasteiger partial charge in [-0.05, 0) is 68.5 Å². The third-order valence-electron chi connectivity index (χ3n) is 5.18. The molecule has 1 aliphatic heterocycles. The fourth-order valence-electron chi connectivity index (χ4n) is 3.57. The number of nitrogens with one attached hydrogen (secondary N) is 1. The Hall–Kier alpha value is -1.26. The molecule has 1 unspecified atom stereocenters. The molecule has 1 saturated heterocycles. The van der Waals surface area contributed by atoms with E-state index < -0.39 is 0 Å². The van der Waals surface area contributed by atoms with Crippen LogP contribution in [0.15, 0.2) is 24.3 Å². The van der Waals surface area contributed by atoms with E-state index in [1.807, 2.05) is 36.2 Å². The van der Waals surface area contributed by atoms with Gasteiger partial charge in [0.1, 0.15) is 5.75 Å². The van der Waals surface area contributed by atoms with E-state index in [-0.39, 0.29) is 5.92 Å². The molecule has 0 aromatic heterocycles. The fourth-order valence-corrected chi connectivity index (χ4v) is 3.70. The maximum absolute atomic E-state index is 12.5. The van der Waals surface area contributed by atoms with Crippen molar-refractivity contribution in [1.29, 1.82) is 0 Å². The van der Waals surface area contributed by atoms with Crippen LogP contribution in [-0.4, -0.2) is 44.1 Å². The van der Waals surface area contributed by atoms with Gasteiger partial charge in [0.15, 0.2) is 0 Å². The Bertz CT molecular complexity index is 540. The summed E-state index contributed by atoms with van der Waals surface area (Å²) in [5, 5.41) is 4.09. The van der Waals surface area contributed by atoms with Crippen molar-refractivity contribution in [1.82, 2.24) is 10.2 Å². The first-order valence-corrected chi connectivity index (χ1v) is 8.83. The molecule has 2 aliphatic rings. The summed E-state index contributed by atoms with van der Waals surface area (Å²) in [7, 11) is 1.91. The molecule has 1 aromatic carbocycles. The van der Waals surface area contributed by atoms with Gasteiger partial charge in [-0.2, -0.15) is 0 Å². The number of piperidine rings is 1. The van der Waals surface area contributed by atoms with Gasteiger partial charge < -0.3 is 15.0 Å². The normalized spacial score (nSPS) is 21.9. The largest absolute Gasteiger partial charge is 0.494 e. The Labute approximate surface area is 143 Å². The highest BCUT2D eigenvalue weighted by molar-refractivity contribution is 6.30. The van der Waals surface area contributed by atoms with Crippen LogP contribution < -0.4 is 10.1 Å². The van der Waals surface area contributed by atoms with Gasteiger partial charge >= 0.3 is 0 Å². The summed E-state index contributed by atoms with van der Waals surface area (Å²) in [6.45, 7) is 3.47. The quantitative estimate of drug-likeness (QED) is 0.812. The molecule has 4 nitrogen and oxygen atoms in total. The zero-order chi connectivity index (χ0) is 16.3. The number of benzene rings is 1. The molecule has 1 N–H and O–H groups in total. The summed E-state index contributed by atoms with van der Waals surface area (Å²) in [4.78, 5) is 14.4. The third-order valence-corrected chi connectivity index (χ3v) is 5.44. The lowest BCUT2D eigenvalue weighted by atomic mass is 9.91. The molecular formula is C18H25ClN2O2. The number of ether oxygens (including phenoxy) is 1. The Balaban J connectivity index is 1.37. The molecule has 126 valence electrons. The first-order chi connectivity index (χ1) is 11.1. The molecule has 0 radical (unpaired) electrons. The summed E-state index contributed by atoms with van der Waals surface area (Å²) >= 11 is 5.84. The average molecular weight is 337 g/mol. The van der Waals surface area contributed by atoms with Crippen molar-refractivity contribution < 1.29 is 9.53 Å². The molecule has 2 fully saturated rings. The van der Waals surface area contributed by atoms with Gasteiger partial charge in [-0.3, -0.25) is 4.79 Å². The molecule has 1 amide bonds. The Morgan fingerprint density at radius 3 is 2.74 bits per heavy atom. The van der Waals surface area contributed by atoms with Crippen molar-refractivity contribution in [3.63, 3.8) is 0 Å². The van der Waals surface area contributed by atoms with Crippen LogP contribution in [0.4, 0.5) is 0 Å². The second kappa shape index (κ2) is 7.10. The highest BCUT2D eigenvalue weighted by atomic mass is 35.5. The van der Waals surface area contributed by atoms with E-state index in [9.17, 15) is 4.79 Å². The van der Waals surface area contributed by atoms with Crippen LogP contribution in [0.1, 0.15) is 25.7 Å². The van der Waals surface area contributed by atoms with Crippen molar-refractivity contribution in [2.45, 2.75) is 25.7 Å². The van der Waals surface area contributed by atoms with Gasteiger partial charge in [0, 0.05) is 24.5 Å². The van der Waals surface area contributed by atoms with E-state index in [4.69, 9.17) is 16.3 Å². The average Bonchev–Trinajstić information content (AvgIpc) is 3.26. The van der Waals surface area contributed by atoms with Gasteiger partial charge in [0.2, 0.25) is 5.91 Å². The molecular weight excluding hydrogens is 312 g/mol. The van der Waals surface area contributed by atoms with Crippen molar-refractivity contribution in [2.24, 2.45) is 11.3 Å². The summed E-state index contributed by atoms with van der Waals surface area (Å²) in [6.07, 6.45) is 4.22. The lowest BCUT2D eigenvalue weighted by Gasteiger charge is -2.25. The molecule has 1 spiro atoms. The van der Waals surface area contributed by atoms with Crippen molar-refractivity contribution >= 4 is 17.5 Å². The van der Waals surface area contributed by atoms with Gasteiger partial charge in [-0.15, -0.1) is 0 Å². The smallest absolute Gasteiger partial charge is 0.226 e. The van der Waals surface area contributed by atoms with Gasteiger partial charge in [-0.25, -0.2) is 0 Å². The van der Waals surface area contributed by atoms with Gasteiger partial charge in [0.05, 0.1) is 6.61 Å². The maximum Gasteiger partial charge on any atom is 0.226 e. The number of carbonyl (C=O) groups excluding carboxylic acids is 1. The van der Waals surface area contributed by atoms with Crippen LogP contribution in [0.3, 0.4) is 0 Å². The first kappa shape index (κ1) is 16.6. The summed E-state index contributed by atoms with van der Waals surface area (Å²) < 4.78 is 5.67. The SMILES string of the molecule is CN(CCCOc1ccc(Cl)cc1)C(=O)C1CC12CCNCC2. The monoisotopic (exact) mass is 336 g/mol. The number of hydrogen-bond acceptors (Lipinski definition) is 3. The van der Waals surface area contributed by atoms with Crippen LogP contribution in [0.25, 0.3) is 0 Å². The van der Waals surface area contributed by atoms with Crippen LogP contribution >= 0.6 is 11.6 Å². The fraction of sp³-hybridized carbons (Fsp3) is 0.611. The molecule has 1 saturated carbocycles. The van der Waals surface area contributed by atoms with Crippen LogP contribution in [0, 0.1) is 11.3 Å². The van der Waals surface area contributed by atoms with E-state index in [2.05, 4.69) is 5.32 Å². The van der Waals surface area contributed by atoms with Crippen molar-refractivity contribution in [2.75, 3.05) is 33.3 Å². The topological polar surface area (TPSA) is 41.6 Å². The van der Waals surface area contributed by atoms with Gasteiger partial charge in [-0.1, -0.05) is 11.6 Å². The minimum absolute atomic E-state index is 0.256. The summed E-state index contributed by atoms with van der Waals surface area (Å²) in [5.74, 6) is 1.39. The zero-order valence-electron chi connectivity index (χ0n) is 13.7. The molecule has 1 atom stereocenters. The second-order valence-electron chi connectivity index (χ2n) is 6.78. The predicted molar refractivity (Wildman–Crippen MR) is 91.8 cm³/mol. The van der Waals surface area contributed by atoms with Crippen LogP contribution in [0.5, 0.6) is 5.75 Å². The number of amides is 1. The standard InChI is InChI=1S/C18H25ClN2O2/c1-21(11-2-12-23-15-5-3-14(19)4-6-15)17(22)16-13-18(16)7-9-20-10-8-18/h3-6,16,20H,2,7-13H2,1H3. The number of hydrogen-bond donors (Lipinski definition) is 1. The number of nitrogens with zero attached hydrogens (tertiary/aromatic N) is 1. The molecule has 5 heteroatoms. The van der Waals surface area contributed by atoms with Crippen molar-refractivity contribution in [3.05, 3.63) is 29.3 Å². The third kappa shape index (κ3) is 3.99. The number of carbonyl (C=O) groups is 1. The highest BCUT2D eigenvalue weighted by Crippen LogP contribution is 2.59. The highest BCUT2D eigenvalue weighted by Gasteiger charge is 2.58. The Morgan fingerprint density at radius 2 is 2.04 bits per heavy atom. The molecule has 1 heterocycles. The van der Waals surface area contributed by atoms with Crippen molar-refractivity contribution in [3.8, 4) is 5.75 Å². The minimum atomic E-state index is 0.256. The minimum Gasteiger partial charge on any atom is -0.494 e. The molecule has 23 heavy (non-hydrogen) atoms. The molecule has 3 rings (SSSR count). The second-order valence-corrected chi connectivity index (χ2v) is 7.22. The molecule has 1 aromatic rings. The Kier molecular flexibility index (Phi) is 5.12. The Morgan fingerprint density at radius 1 is 1.35 bits per heavy atom. The maximum atomic E-state index is 12.5. The van der Waals surface area contributed by atoms with E-state index in [1.54, 1.807) is 0 Å². The first-order valence-electron chi connectivity index (χ1n) is 8.45. The zero-order valence-corrected chi connectivity index (χ0v) is 14.4. The van der Waals surface area contributed by atoms with E-state index >= 15 is 0 Å². The lowest BCUT2D eigenvalue weighted by molar-refractivity contribution is -0.132. The molecule has 1 aliphatic carbocycles. The predicted octanol–water partition coefficient (Wildman–Crippen LogP) is 2.96. The summed E-state index contributed by atoms with van der Waals surface area (Å²) in [6, 6.07) is 7.36. The van der Waals surface area contributed by atoms with E-state index in [0.29, 0.717) is 23.0 Å². The lowest BCUT2D eigenvalue weighted by Crippen LogP contribution is -2.35. The molecule has 0 bridgehead atoms.